The summed E-state index contributed by atoms with van der Waals surface area (Å²) in [7, 11) is 0. The zero-order chi connectivity index (χ0) is 16.5. The average molecular weight is 340 g/mol. The van der Waals surface area contributed by atoms with Gasteiger partial charge in [0.15, 0.2) is 5.13 Å². The molecule has 1 heterocycles. The van der Waals surface area contributed by atoms with Gasteiger partial charge in [-0.3, -0.25) is 9.79 Å². The quantitative estimate of drug-likeness (QED) is 0.536. The Labute approximate surface area is 141 Å². The molecule has 22 heavy (non-hydrogen) atoms. The summed E-state index contributed by atoms with van der Waals surface area (Å²) < 4.78 is 1.08. The Kier molecular flexibility index (Phi) is 8.42. The standard InChI is InChI=1S/C16H25N3OS2/c1-6-7-14(11(2)3)8-17-12(4)10-21-15-9-18-16(22-15)19-13(5)20/h8-9,11H,6-7,10H2,1-5H3,(H,18,19,20)/b14-8+,17-12?. The molecule has 1 rings (SSSR count). The highest BCUT2D eigenvalue weighted by molar-refractivity contribution is 8.01. The average Bonchev–Trinajstić information content (AvgIpc) is 2.87. The van der Waals surface area contributed by atoms with E-state index in [1.165, 1.54) is 23.8 Å². The molecule has 0 saturated carbocycles. The summed E-state index contributed by atoms with van der Waals surface area (Å²) in [5.74, 6) is 1.28. The highest BCUT2D eigenvalue weighted by atomic mass is 32.2. The van der Waals surface area contributed by atoms with Crippen molar-refractivity contribution in [1.82, 2.24) is 4.98 Å². The minimum atomic E-state index is -0.0917. The minimum Gasteiger partial charge on any atom is -0.302 e. The van der Waals surface area contributed by atoms with Crippen molar-refractivity contribution in [2.24, 2.45) is 10.9 Å². The van der Waals surface area contributed by atoms with Gasteiger partial charge in [-0.25, -0.2) is 4.98 Å². The summed E-state index contributed by atoms with van der Waals surface area (Å²) >= 11 is 3.18. The Bertz CT molecular complexity index is 547. The van der Waals surface area contributed by atoms with E-state index in [9.17, 15) is 4.79 Å². The van der Waals surface area contributed by atoms with Crippen molar-refractivity contribution >= 4 is 39.8 Å². The number of allylic oxidation sites excluding steroid dienone is 1. The third-order valence-electron chi connectivity index (χ3n) is 2.92. The number of nitrogens with zero attached hydrogens (tertiary/aromatic N) is 2. The fourth-order valence-corrected chi connectivity index (χ4v) is 3.53. The molecule has 0 spiro atoms. The van der Waals surface area contributed by atoms with Crippen LogP contribution in [0.5, 0.6) is 0 Å². The molecule has 4 nitrogen and oxygen atoms in total. The monoisotopic (exact) mass is 339 g/mol. The van der Waals surface area contributed by atoms with Crippen molar-refractivity contribution in [3.05, 3.63) is 18.0 Å². The van der Waals surface area contributed by atoms with Gasteiger partial charge in [0, 0.05) is 24.6 Å². The first-order valence-corrected chi connectivity index (χ1v) is 9.31. The molecule has 1 N–H and O–H groups in total. The Hall–Kier alpha value is -1.14. The number of aliphatic imine (C=N–C) groups is 1. The number of carbonyl (C=O) groups is 1. The molecular weight excluding hydrogens is 314 g/mol. The van der Waals surface area contributed by atoms with Crippen molar-refractivity contribution < 1.29 is 4.79 Å². The van der Waals surface area contributed by atoms with Crippen molar-refractivity contribution in [3.63, 3.8) is 0 Å². The summed E-state index contributed by atoms with van der Waals surface area (Å²) in [4.78, 5) is 19.7. The number of thiazole rings is 1. The maximum absolute atomic E-state index is 11.0. The molecule has 0 aliphatic rings. The van der Waals surface area contributed by atoms with Gasteiger partial charge in [-0.1, -0.05) is 38.5 Å². The van der Waals surface area contributed by atoms with Crippen LogP contribution in [0.4, 0.5) is 5.13 Å². The Morgan fingerprint density at radius 2 is 2.23 bits per heavy atom. The van der Waals surface area contributed by atoms with E-state index in [1.54, 1.807) is 18.0 Å². The fraction of sp³-hybridized carbons (Fsp3) is 0.562. The maximum Gasteiger partial charge on any atom is 0.223 e. The van der Waals surface area contributed by atoms with Gasteiger partial charge in [-0.2, -0.15) is 0 Å². The molecule has 0 aromatic carbocycles. The Morgan fingerprint density at radius 3 is 2.82 bits per heavy atom. The lowest BCUT2D eigenvalue weighted by Gasteiger charge is -2.08. The molecule has 0 atom stereocenters. The van der Waals surface area contributed by atoms with E-state index in [4.69, 9.17) is 0 Å². The maximum atomic E-state index is 11.0. The predicted octanol–water partition coefficient (Wildman–Crippen LogP) is 4.99. The van der Waals surface area contributed by atoms with Gasteiger partial charge >= 0.3 is 0 Å². The molecule has 0 fully saturated rings. The van der Waals surface area contributed by atoms with Gasteiger partial charge in [-0.15, -0.1) is 11.8 Å². The number of anilines is 1. The summed E-state index contributed by atoms with van der Waals surface area (Å²) in [6.45, 7) is 10.1. The lowest BCUT2D eigenvalue weighted by atomic mass is 10.0. The number of hydrogen-bond acceptors (Lipinski definition) is 5. The van der Waals surface area contributed by atoms with Crippen LogP contribution in [-0.4, -0.2) is 22.4 Å². The van der Waals surface area contributed by atoms with Crippen LogP contribution in [0, 0.1) is 5.92 Å². The van der Waals surface area contributed by atoms with Crippen molar-refractivity contribution in [3.8, 4) is 0 Å². The summed E-state index contributed by atoms with van der Waals surface area (Å²) in [5.41, 5.74) is 2.49. The molecular formula is C16H25N3OS2. The number of carbonyl (C=O) groups excluding carboxylic acids is 1. The third-order valence-corrected chi connectivity index (χ3v) is 5.18. The first-order valence-electron chi connectivity index (χ1n) is 7.50. The van der Waals surface area contributed by atoms with Crippen LogP contribution in [0.2, 0.25) is 0 Å². The van der Waals surface area contributed by atoms with E-state index < -0.39 is 0 Å². The molecule has 1 aromatic rings. The first-order chi connectivity index (χ1) is 10.4. The summed E-state index contributed by atoms with van der Waals surface area (Å²) in [6, 6.07) is 0. The molecule has 122 valence electrons. The van der Waals surface area contributed by atoms with Gasteiger partial charge in [0.1, 0.15) is 0 Å². The van der Waals surface area contributed by atoms with Crippen molar-refractivity contribution in [2.75, 3.05) is 11.1 Å². The topological polar surface area (TPSA) is 54.4 Å². The van der Waals surface area contributed by atoms with Gasteiger partial charge in [-0.05, 0) is 24.8 Å². The second-order valence-corrected chi connectivity index (χ2v) is 7.73. The number of amides is 1. The van der Waals surface area contributed by atoms with E-state index in [1.807, 2.05) is 13.1 Å². The number of hydrogen-bond donors (Lipinski definition) is 1. The number of thioether (sulfide) groups is 1. The highest BCUT2D eigenvalue weighted by Gasteiger charge is 2.05. The second-order valence-electron chi connectivity index (χ2n) is 5.43. The highest BCUT2D eigenvalue weighted by Crippen LogP contribution is 2.28. The molecule has 0 saturated heterocycles. The SMILES string of the molecule is CCC/C(=C\N=C(C)CSc1cnc(NC(C)=O)s1)C(C)C. The molecule has 0 bridgehead atoms. The predicted molar refractivity (Wildman–Crippen MR) is 98.1 cm³/mol. The second kappa shape index (κ2) is 9.79. The third kappa shape index (κ3) is 7.22. The van der Waals surface area contributed by atoms with Gasteiger partial charge in [0.2, 0.25) is 5.91 Å². The van der Waals surface area contributed by atoms with Crippen LogP contribution in [-0.2, 0) is 4.79 Å². The zero-order valence-corrected chi connectivity index (χ0v) is 15.6. The molecule has 0 unspecified atom stereocenters. The molecule has 0 radical (unpaired) electrons. The summed E-state index contributed by atoms with van der Waals surface area (Å²) in [6.07, 6.45) is 6.08. The van der Waals surface area contributed by atoms with Crippen LogP contribution in [0.15, 0.2) is 27.2 Å². The lowest BCUT2D eigenvalue weighted by Crippen LogP contribution is -2.04. The van der Waals surface area contributed by atoms with E-state index in [0.717, 1.165) is 28.5 Å². The molecule has 1 amide bonds. The fourth-order valence-electron chi connectivity index (χ4n) is 1.73. The van der Waals surface area contributed by atoms with Crippen LogP contribution >= 0.6 is 23.1 Å². The van der Waals surface area contributed by atoms with Crippen LogP contribution in [0.3, 0.4) is 0 Å². The van der Waals surface area contributed by atoms with Crippen LogP contribution in [0.25, 0.3) is 0 Å². The Balaban J connectivity index is 2.55. The molecule has 0 aliphatic heterocycles. The van der Waals surface area contributed by atoms with Gasteiger partial charge in [0.05, 0.1) is 10.4 Å². The first kappa shape index (κ1) is 18.9. The zero-order valence-electron chi connectivity index (χ0n) is 14.0. The Morgan fingerprint density at radius 1 is 1.50 bits per heavy atom. The smallest absolute Gasteiger partial charge is 0.223 e. The molecule has 0 aliphatic carbocycles. The van der Waals surface area contributed by atoms with Gasteiger partial charge in [0.25, 0.3) is 0 Å². The number of rotatable bonds is 8. The van der Waals surface area contributed by atoms with Crippen molar-refractivity contribution in [1.29, 1.82) is 0 Å². The normalized spacial score (nSPS) is 12.8. The largest absolute Gasteiger partial charge is 0.302 e. The lowest BCUT2D eigenvalue weighted by molar-refractivity contribution is -0.114. The van der Waals surface area contributed by atoms with Gasteiger partial charge < -0.3 is 5.32 Å². The van der Waals surface area contributed by atoms with Crippen molar-refractivity contribution in [2.45, 2.75) is 51.7 Å². The summed E-state index contributed by atoms with van der Waals surface area (Å²) in [5, 5.41) is 3.34. The van der Waals surface area contributed by atoms with Crippen LogP contribution in [0.1, 0.15) is 47.5 Å². The van der Waals surface area contributed by atoms with Crippen LogP contribution < -0.4 is 5.32 Å². The van der Waals surface area contributed by atoms with E-state index in [2.05, 4.69) is 36.1 Å². The van der Waals surface area contributed by atoms with E-state index in [0.29, 0.717) is 11.0 Å². The number of nitrogens with one attached hydrogen (secondary N) is 1. The minimum absolute atomic E-state index is 0.0917. The number of aromatic nitrogens is 1. The molecule has 1 aromatic heterocycles. The van der Waals surface area contributed by atoms with E-state index >= 15 is 0 Å². The van der Waals surface area contributed by atoms with E-state index in [-0.39, 0.29) is 5.91 Å². The molecule has 6 heteroatoms.